The van der Waals surface area contributed by atoms with Crippen LogP contribution in [0.1, 0.15) is 25.6 Å². The van der Waals surface area contributed by atoms with Crippen LogP contribution in [-0.2, 0) is 14.8 Å². The van der Waals surface area contributed by atoms with E-state index >= 15 is 0 Å². The standard InChI is InChI=1S/C19H23BrN2O4S/c1-13-11-22(12-14(2)26-13)27(24,25)18-8-3-5-15(9-18)19(23)21-17-7-4-6-16(20)10-17/h3-10,13-14,19,21,23H,11-12H2,1-2H3. The number of aliphatic hydroxyl groups excluding tert-OH is 1. The van der Waals surface area contributed by atoms with Crippen LogP contribution in [0.4, 0.5) is 5.69 Å². The van der Waals surface area contributed by atoms with E-state index in [-0.39, 0.29) is 17.1 Å². The number of halogens is 1. The van der Waals surface area contributed by atoms with Gasteiger partial charge in [0.2, 0.25) is 10.0 Å². The van der Waals surface area contributed by atoms with Gasteiger partial charge in [0.05, 0.1) is 17.1 Å². The van der Waals surface area contributed by atoms with Gasteiger partial charge in [0.1, 0.15) is 0 Å². The van der Waals surface area contributed by atoms with Crippen molar-refractivity contribution in [2.45, 2.75) is 37.2 Å². The van der Waals surface area contributed by atoms with Crippen molar-refractivity contribution in [1.82, 2.24) is 4.31 Å². The molecule has 3 unspecified atom stereocenters. The van der Waals surface area contributed by atoms with Gasteiger partial charge in [-0.15, -0.1) is 0 Å². The molecule has 0 amide bonds. The Hall–Kier alpha value is -1.45. The fourth-order valence-electron chi connectivity index (χ4n) is 3.14. The first kappa shape index (κ1) is 20.3. The SMILES string of the molecule is CC1CN(S(=O)(=O)c2cccc(C(O)Nc3cccc(Br)c3)c2)CC(C)O1. The highest BCUT2D eigenvalue weighted by Gasteiger charge is 2.32. The van der Waals surface area contributed by atoms with E-state index in [4.69, 9.17) is 4.74 Å². The number of ether oxygens (including phenoxy) is 1. The van der Waals surface area contributed by atoms with Crippen molar-refractivity contribution in [3.05, 3.63) is 58.6 Å². The Morgan fingerprint density at radius 3 is 2.48 bits per heavy atom. The molecule has 146 valence electrons. The number of morpholine rings is 1. The summed E-state index contributed by atoms with van der Waals surface area (Å²) in [6.07, 6.45) is -1.34. The minimum atomic E-state index is -3.66. The summed E-state index contributed by atoms with van der Waals surface area (Å²) in [7, 11) is -3.66. The van der Waals surface area contributed by atoms with Crippen molar-refractivity contribution in [3.8, 4) is 0 Å². The van der Waals surface area contributed by atoms with Crippen LogP contribution in [0.15, 0.2) is 57.9 Å². The summed E-state index contributed by atoms with van der Waals surface area (Å²) in [4.78, 5) is 0.163. The molecule has 0 radical (unpaired) electrons. The molecule has 3 atom stereocenters. The maximum atomic E-state index is 13.0. The van der Waals surface area contributed by atoms with E-state index < -0.39 is 16.3 Å². The normalized spacial score (nSPS) is 22.4. The Kier molecular flexibility index (Phi) is 6.22. The fraction of sp³-hybridized carbons (Fsp3) is 0.368. The van der Waals surface area contributed by atoms with Crippen LogP contribution in [-0.4, -0.2) is 43.1 Å². The molecule has 1 fully saturated rings. The van der Waals surface area contributed by atoms with E-state index in [1.807, 2.05) is 38.1 Å². The van der Waals surface area contributed by atoms with Gasteiger partial charge in [-0.05, 0) is 44.2 Å². The first-order valence-corrected chi connectivity index (χ1v) is 10.9. The zero-order chi connectivity index (χ0) is 19.6. The molecule has 2 aromatic rings. The van der Waals surface area contributed by atoms with Crippen LogP contribution in [0.25, 0.3) is 0 Å². The van der Waals surface area contributed by atoms with Crippen molar-refractivity contribution in [2.75, 3.05) is 18.4 Å². The Labute approximate surface area is 168 Å². The van der Waals surface area contributed by atoms with Crippen molar-refractivity contribution in [2.24, 2.45) is 0 Å². The van der Waals surface area contributed by atoms with E-state index in [0.717, 1.165) is 10.2 Å². The van der Waals surface area contributed by atoms with Crippen molar-refractivity contribution >= 4 is 31.6 Å². The van der Waals surface area contributed by atoms with Crippen LogP contribution >= 0.6 is 15.9 Å². The highest BCUT2D eigenvalue weighted by atomic mass is 79.9. The molecule has 1 aliphatic rings. The third-order valence-corrected chi connectivity index (χ3v) is 6.65. The van der Waals surface area contributed by atoms with Gasteiger partial charge in [-0.1, -0.05) is 34.1 Å². The van der Waals surface area contributed by atoms with E-state index in [2.05, 4.69) is 21.2 Å². The topological polar surface area (TPSA) is 78.9 Å². The van der Waals surface area contributed by atoms with E-state index in [9.17, 15) is 13.5 Å². The summed E-state index contributed by atoms with van der Waals surface area (Å²) in [5.41, 5.74) is 1.20. The second-order valence-corrected chi connectivity index (χ2v) is 9.56. The molecule has 0 aliphatic carbocycles. The van der Waals surface area contributed by atoms with Crippen LogP contribution < -0.4 is 5.32 Å². The number of nitrogens with one attached hydrogen (secondary N) is 1. The smallest absolute Gasteiger partial charge is 0.243 e. The minimum Gasteiger partial charge on any atom is -0.373 e. The predicted molar refractivity (Wildman–Crippen MR) is 108 cm³/mol. The average Bonchev–Trinajstić information content (AvgIpc) is 2.61. The lowest BCUT2D eigenvalue weighted by Crippen LogP contribution is -2.48. The first-order chi connectivity index (χ1) is 12.8. The van der Waals surface area contributed by atoms with E-state index in [1.165, 1.54) is 10.4 Å². The fourth-order valence-corrected chi connectivity index (χ4v) is 5.19. The summed E-state index contributed by atoms with van der Waals surface area (Å²) < 4.78 is 34.0. The molecule has 0 saturated carbocycles. The van der Waals surface area contributed by atoms with E-state index in [0.29, 0.717) is 18.7 Å². The number of aliphatic hydroxyl groups is 1. The lowest BCUT2D eigenvalue weighted by Gasteiger charge is -2.34. The number of nitrogens with zero attached hydrogens (tertiary/aromatic N) is 1. The molecule has 2 N–H and O–H groups in total. The average molecular weight is 455 g/mol. The summed E-state index contributed by atoms with van der Waals surface area (Å²) in [5, 5.41) is 13.5. The van der Waals surface area contributed by atoms with Gasteiger partial charge >= 0.3 is 0 Å². The van der Waals surface area contributed by atoms with Gasteiger partial charge in [0.15, 0.2) is 6.23 Å². The number of hydrogen-bond donors (Lipinski definition) is 2. The number of sulfonamides is 1. The highest BCUT2D eigenvalue weighted by molar-refractivity contribution is 9.10. The van der Waals surface area contributed by atoms with Crippen molar-refractivity contribution < 1.29 is 18.3 Å². The predicted octanol–water partition coefficient (Wildman–Crippen LogP) is 3.35. The van der Waals surface area contributed by atoms with Crippen molar-refractivity contribution in [1.29, 1.82) is 0 Å². The number of anilines is 1. The molecule has 1 heterocycles. The zero-order valence-electron chi connectivity index (χ0n) is 15.2. The lowest BCUT2D eigenvalue weighted by atomic mass is 10.2. The second-order valence-electron chi connectivity index (χ2n) is 6.71. The number of rotatable bonds is 5. The molecule has 6 nitrogen and oxygen atoms in total. The van der Waals surface area contributed by atoms with Gasteiger partial charge in [-0.2, -0.15) is 4.31 Å². The summed E-state index contributed by atoms with van der Waals surface area (Å²) in [6.45, 7) is 4.35. The molecular weight excluding hydrogens is 432 g/mol. The van der Waals surface area contributed by atoms with Gasteiger partial charge in [-0.25, -0.2) is 8.42 Å². The largest absolute Gasteiger partial charge is 0.373 e. The third-order valence-electron chi connectivity index (χ3n) is 4.33. The number of hydrogen-bond acceptors (Lipinski definition) is 5. The highest BCUT2D eigenvalue weighted by Crippen LogP contribution is 2.25. The molecule has 0 aromatic heterocycles. The minimum absolute atomic E-state index is 0.157. The monoisotopic (exact) mass is 454 g/mol. The van der Waals surface area contributed by atoms with Gasteiger partial charge in [-0.3, -0.25) is 0 Å². The van der Waals surface area contributed by atoms with Gasteiger partial charge < -0.3 is 15.2 Å². The molecule has 27 heavy (non-hydrogen) atoms. The van der Waals surface area contributed by atoms with Crippen LogP contribution in [0, 0.1) is 0 Å². The van der Waals surface area contributed by atoms with Crippen LogP contribution in [0.3, 0.4) is 0 Å². The molecule has 8 heteroatoms. The summed E-state index contributed by atoms with van der Waals surface area (Å²) >= 11 is 3.38. The molecule has 3 rings (SSSR count). The molecule has 0 spiro atoms. The Morgan fingerprint density at radius 1 is 1.15 bits per heavy atom. The summed E-state index contributed by atoms with van der Waals surface area (Å²) in [5.74, 6) is 0. The molecule has 0 bridgehead atoms. The quantitative estimate of drug-likeness (QED) is 0.677. The number of benzene rings is 2. The van der Waals surface area contributed by atoms with E-state index in [1.54, 1.807) is 18.2 Å². The second kappa shape index (κ2) is 8.28. The maximum Gasteiger partial charge on any atom is 0.243 e. The molecule has 1 aliphatic heterocycles. The Balaban J connectivity index is 1.82. The molecule has 2 aromatic carbocycles. The summed E-state index contributed by atoms with van der Waals surface area (Å²) in [6, 6.07) is 13.8. The zero-order valence-corrected chi connectivity index (χ0v) is 17.6. The third kappa shape index (κ3) is 4.89. The molecular formula is C19H23BrN2O4S. The maximum absolute atomic E-state index is 13.0. The lowest BCUT2D eigenvalue weighted by molar-refractivity contribution is -0.0440. The van der Waals surface area contributed by atoms with Crippen molar-refractivity contribution in [3.63, 3.8) is 0 Å². The Morgan fingerprint density at radius 2 is 1.81 bits per heavy atom. The van der Waals surface area contributed by atoms with Gasteiger partial charge in [0, 0.05) is 28.8 Å². The molecule has 1 saturated heterocycles. The van der Waals surface area contributed by atoms with Crippen LogP contribution in [0.2, 0.25) is 0 Å². The Bertz CT molecular complexity index is 896. The van der Waals surface area contributed by atoms with Crippen LogP contribution in [0.5, 0.6) is 0 Å². The van der Waals surface area contributed by atoms with Gasteiger partial charge in [0.25, 0.3) is 0 Å². The first-order valence-electron chi connectivity index (χ1n) is 8.71.